The van der Waals surface area contributed by atoms with Crippen molar-refractivity contribution >= 4 is 21.6 Å². The molecule has 0 aliphatic heterocycles. The Labute approximate surface area is 142 Å². The Balaban J connectivity index is 2.13. The van der Waals surface area contributed by atoms with Crippen LogP contribution in [-0.2, 0) is 21.4 Å². The van der Waals surface area contributed by atoms with Crippen LogP contribution in [0.1, 0.15) is 16.7 Å². The summed E-state index contributed by atoms with van der Waals surface area (Å²) in [6.45, 7) is 3.85. The van der Waals surface area contributed by atoms with Crippen LogP contribution < -0.4 is 9.62 Å². The van der Waals surface area contributed by atoms with Gasteiger partial charge in [0.05, 0.1) is 11.9 Å². The molecule has 0 bridgehead atoms. The Hall–Kier alpha value is -2.41. The Bertz CT molecular complexity index is 800. The summed E-state index contributed by atoms with van der Waals surface area (Å²) in [6.07, 6.45) is 4.38. The van der Waals surface area contributed by atoms with Crippen molar-refractivity contribution in [1.82, 2.24) is 10.3 Å². The molecule has 0 saturated carbocycles. The quantitative estimate of drug-likeness (QED) is 0.864. The predicted octanol–water partition coefficient (Wildman–Crippen LogP) is 1.78. The fourth-order valence-corrected chi connectivity index (χ4v) is 3.22. The number of nitrogens with one attached hydrogen (secondary N) is 1. The second-order valence-corrected chi connectivity index (χ2v) is 7.65. The summed E-state index contributed by atoms with van der Waals surface area (Å²) in [7, 11) is -3.57. The molecule has 0 unspecified atom stereocenters. The first kappa shape index (κ1) is 17.9. The van der Waals surface area contributed by atoms with Crippen molar-refractivity contribution in [1.29, 1.82) is 0 Å². The number of amides is 1. The van der Waals surface area contributed by atoms with Gasteiger partial charge in [0.1, 0.15) is 6.54 Å². The monoisotopic (exact) mass is 347 g/mol. The third-order valence-electron chi connectivity index (χ3n) is 3.42. The molecule has 1 N–H and O–H groups in total. The molecular weight excluding hydrogens is 326 g/mol. The van der Waals surface area contributed by atoms with Crippen molar-refractivity contribution in [2.75, 3.05) is 17.1 Å². The standard InChI is InChI=1S/C17H21N3O3S/c1-13-8-14(2)10-16(9-13)20(24(3,22)23)12-17(21)19-11-15-4-6-18-7-5-15/h4-10H,11-12H2,1-3H3,(H,19,21). The first-order chi connectivity index (χ1) is 11.3. The van der Waals surface area contributed by atoms with E-state index in [9.17, 15) is 13.2 Å². The summed E-state index contributed by atoms with van der Waals surface area (Å²) in [4.78, 5) is 16.1. The van der Waals surface area contributed by atoms with Crippen molar-refractivity contribution in [3.8, 4) is 0 Å². The van der Waals surface area contributed by atoms with E-state index >= 15 is 0 Å². The molecule has 128 valence electrons. The van der Waals surface area contributed by atoms with Crippen molar-refractivity contribution in [3.05, 3.63) is 59.4 Å². The Morgan fingerprint density at radius 3 is 2.25 bits per heavy atom. The smallest absolute Gasteiger partial charge is 0.241 e. The minimum Gasteiger partial charge on any atom is -0.350 e. The number of carbonyl (C=O) groups excluding carboxylic acids is 1. The van der Waals surface area contributed by atoms with E-state index in [1.54, 1.807) is 36.7 Å². The van der Waals surface area contributed by atoms with E-state index in [1.165, 1.54) is 0 Å². The zero-order valence-corrected chi connectivity index (χ0v) is 14.8. The molecule has 6 nitrogen and oxygen atoms in total. The Morgan fingerprint density at radius 2 is 1.71 bits per heavy atom. The molecule has 1 heterocycles. The maximum atomic E-state index is 12.2. The molecule has 24 heavy (non-hydrogen) atoms. The number of sulfonamides is 1. The number of rotatable bonds is 6. The molecule has 0 spiro atoms. The van der Waals surface area contributed by atoms with Crippen molar-refractivity contribution < 1.29 is 13.2 Å². The highest BCUT2D eigenvalue weighted by atomic mass is 32.2. The SMILES string of the molecule is Cc1cc(C)cc(N(CC(=O)NCc2ccncc2)S(C)(=O)=O)c1. The van der Waals surface area contributed by atoms with Gasteiger partial charge in [-0.05, 0) is 54.8 Å². The van der Waals surface area contributed by atoms with E-state index in [0.29, 0.717) is 12.2 Å². The number of hydrogen-bond donors (Lipinski definition) is 1. The van der Waals surface area contributed by atoms with Gasteiger partial charge < -0.3 is 5.32 Å². The van der Waals surface area contributed by atoms with Gasteiger partial charge in [0, 0.05) is 18.9 Å². The summed E-state index contributed by atoms with van der Waals surface area (Å²) in [6, 6.07) is 9.04. The van der Waals surface area contributed by atoms with Crippen LogP contribution in [0.25, 0.3) is 0 Å². The number of carbonyl (C=O) groups is 1. The molecule has 1 aromatic carbocycles. The number of nitrogens with zero attached hydrogens (tertiary/aromatic N) is 2. The van der Waals surface area contributed by atoms with Gasteiger partial charge >= 0.3 is 0 Å². The van der Waals surface area contributed by atoms with E-state index in [-0.39, 0.29) is 12.5 Å². The molecule has 2 rings (SSSR count). The fraction of sp³-hybridized carbons (Fsp3) is 0.294. The van der Waals surface area contributed by atoms with Crippen LogP contribution >= 0.6 is 0 Å². The summed E-state index contributed by atoms with van der Waals surface area (Å²) >= 11 is 0. The number of pyridine rings is 1. The summed E-state index contributed by atoms with van der Waals surface area (Å²) in [5, 5.41) is 2.73. The number of aryl methyl sites for hydroxylation is 2. The molecule has 0 saturated heterocycles. The Morgan fingerprint density at radius 1 is 1.12 bits per heavy atom. The normalized spacial score (nSPS) is 11.1. The van der Waals surface area contributed by atoms with E-state index in [4.69, 9.17) is 0 Å². The van der Waals surface area contributed by atoms with Gasteiger partial charge in [-0.2, -0.15) is 0 Å². The highest BCUT2D eigenvalue weighted by molar-refractivity contribution is 7.92. The molecule has 0 radical (unpaired) electrons. The van der Waals surface area contributed by atoms with Crippen LogP contribution in [-0.4, -0.2) is 32.1 Å². The largest absolute Gasteiger partial charge is 0.350 e. The Kier molecular flexibility index (Phi) is 5.56. The maximum absolute atomic E-state index is 12.2. The molecule has 1 amide bonds. The zero-order chi connectivity index (χ0) is 17.7. The minimum atomic E-state index is -3.57. The summed E-state index contributed by atoms with van der Waals surface area (Å²) in [5.41, 5.74) is 3.27. The molecule has 2 aromatic rings. The van der Waals surface area contributed by atoms with Crippen LogP contribution in [0.3, 0.4) is 0 Å². The zero-order valence-electron chi connectivity index (χ0n) is 14.0. The second-order valence-electron chi connectivity index (χ2n) is 5.75. The summed E-state index contributed by atoms with van der Waals surface area (Å²) in [5.74, 6) is -0.364. The van der Waals surface area contributed by atoms with E-state index < -0.39 is 10.0 Å². The minimum absolute atomic E-state index is 0.257. The predicted molar refractivity (Wildman–Crippen MR) is 94.2 cm³/mol. The molecule has 1 aromatic heterocycles. The number of aromatic nitrogens is 1. The third kappa shape index (κ3) is 5.06. The van der Waals surface area contributed by atoms with Gasteiger partial charge in [-0.25, -0.2) is 8.42 Å². The highest BCUT2D eigenvalue weighted by Gasteiger charge is 2.21. The van der Waals surface area contributed by atoms with Crippen LogP contribution in [0, 0.1) is 13.8 Å². The molecule has 0 fully saturated rings. The van der Waals surface area contributed by atoms with Crippen LogP contribution in [0.5, 0.6) is 0 Å². The average molecular weight is 347 g/mol. The lowest BCUT2D eigenvalue weighted by Gasteiger charge is -2.22. The second kappa shape index (κ2) is 7.44. The van der Waals surface area contributed by atoms with Gasteiger partial charge in [-0.15, -0.1) is 0 Å². The highest BCUT2D eigenvalue weighted by Crippen LogP contribution is 2.21. The lowest BCUT2D eigenvalue weighted by molar-refractivity contribution is -0.119. The van der Waals surface area contributed by atoms with Gasteiger partial charge in [-0.1, -0.05) is 6.07 Å². The molecule has 7 heteroatoms. The first-order valence-electron chi connectivity index (χ1n) is 7.47. The van der Waals surface area contributed by atoms with Crippen molar-refractivity contribution in [2.24, 2.45) is 0 Å². The number of benzene rings is 1. The summed E-state index contributed by atoms with van der Waals surface area (Å²) < 4.78 is 25.3. The van der Waals surface area contributed by atoms with Crippen LogP contribution in [0.2, 0.25) is 0 Å². The lowest BCUT2D eigenvalue weighted by atomic mass is 10.1. The molecule has 0 atom stereocenters. The number of hydrogen-bond acceptors (Lipinski definition) is 4. The van der Waals surface area contributed by atoms with Gasteiger partial charge in [-0.3, -0.25) is 14.1 Å². The van der Waals surface area contributed by atoms with E-state index in [1.807, 2.05) is 19.9 Å². The van der Waals surface area contributed by atoms with Crippen LogP contribution in [0.4, 0.5) is 5.69 Å². The van der Waals surface area contributed by atoms with Crippen molar-refractivity contribution in [3.63, 3.8) is 0 Å². The lowest BCUT2D eigenvalue weighted by Crippen LogP contribution is -2.40. The fourth-order valence-electron chi connectivity index (χ4n) is 2.38. The average Bonchev–Trinajstić information content (AvgIpc) is 2.49. The topological polar surface area (TPSA) is 79.4 Å². The van der Waals surface area contributed by atoms with Gasteiger partial charge in [0.15, 0.2) is 0 Å². The van der Waals surface area contributed by atoms with Gasteiger partial charge in [0.2, 0.25) is 15.9 Å². The van der Waals surface area contributed by atoms with Crippen LogP contribution in [0.15, 0.2) is 42.7 Å². The third-order valence-corrected chi connectivity index (χ3v) is 4.56. The first-order valence-corrected chi connectivity index (χ1v) is 9.32. The molecule has 0 aliphatic rings. The van der Waals surface area contributed by atoms with Crippen molar-refractivity contribution in [2.45, 2.75) is 20.4 Å². The van der Waals surface area contributed by atoms with Gasteiger partial charge in [0.25, 0.3) is 0 Å². The number of anilines is 1. The molecular formula is C17H21N3O3S. The van der Waals surface area contributed by atoms with E-state index in [0.717, 1.165) is 27.3 Å². The molecule has 0 aliphatic carbocycles. The maximum Gasteiger partial charge on any atom is 0.241 e. The van der Waals surface area contributed by atoms with E-state index in [2.05, 4.69) is 10.3 Å².